The molecule has 5 heteroatoms. The van der Waals surface area contributed by atoms with Gasteiger partial charge in [-0.3, -0.25) is 0 Å². The van der Waals surface area contributed by atoms with Crippen LogP contribution in [0.15, 0.2) is 191 Å². The first kappa shape index (κ1) is 30.7. The molecule has 4 nitrogen and oxygen atoms in total. The van der Waals surface area contributed by atoms with Crippen molar-refractivity contribution in [2.75, 3.05) is 4.90 Å². The first-order chi connectivity index (χ1) is 26.7. The molecule has 11 rings (SSSR count). The lowest BCUT2D eigenvalue weighted by Crippen LogP contribution is -2.10. The van der Waals surface area contributed by atoms with E-state index in [0.29, 0.717) is 5.89 Å². The van der Waals surface area contributed by atoms with Crippen LogP contribution in [0.5, 0.6) is 0 Å². The molecule has 0 saturated heterocycles. The number of rotatable bonds is 6. The van der Waals surface area contributed by atoms with Gasteiger partial charge in [-0.25, -0.2) is 4.98 Å². The van der Waals surface area contributed by atoms with Crippen molar-refractivity contribution in [1.82, 2.24) is 4.98 Å². The lowest BCUT2D eigenvalue weighted by Gasteiger charge is -2.26. The highest BCUT2D eigenvalue weighted by Gasteiger charge is 2.21. The maximum atomic E-state index is 6.50. The molecule has 3 aromatic heterocycles. The number of aromatic nitrogens is 1. The molecule has 54 heavy (non-hydrogen) atoms. The standard InChI is InChI=1S/C49H30N2O2S/c1-3-12-31(13-4-1)34-16-11-17-36(28-34)51(37-26-27-39-38-18-7-9-20-42(38)52-43(39)29-37)35-24-22-32(23-25-35)41-30-44-47(50-49(53-44)33-14-5-2-6-15-33)46-40-19-8-10-21-45(40)54-48(41)46/h1-30H. The Labute approximate surface area is 314 Å². The molecule has 3 heterocycles. The van der Waals surface area contributed by atoms with E-state index in [4.69, 9.17) is 13.8 Å². The van der Waals surface area contributed by atoms with Crippen molar-refractivity contribution in [2.45, 2.75) is 0 Å². The van der Waals surface area contributed by atoms with Gasteiger partial charge < -0.3 is 13.7 Å². The van der Waals surface area contributed by atoms with Crippen LogP contribution >= 0.6 is 11.3 Å². The van der Waals surface area contributed by atoms with Crippen LogP contribution in [-0.4, -0.2) is 4.98 Å². The smallest absolute Gasteiger partial charge is 0.227 e. The van der Waals surface area contributed by atoms with Gasteiger partial charge >= 0.3 is 0 Å². The topological polar surface area (TPSA) is 42.4 Å². The zero-order valence-electron chi connectivity index (χ0n) is 28.9. The molecule has 0 aliphatic rings. The fourth-order valence-corrected chi connectivity index (χ4v) is 8.98. The number of hydrogen-bond donors (Lipinski definition) is 0. The Kier molecular flexibility index (Phi) is 7.00. The van der Waals surface area contributed by atoms with Gasteiger partial charge in [-0.2, -0.15) is 0 Å². The average molecular weight is 711 g/mol. The second-order valence-corrected chi connectivity index (χ2v) is 14.6. The van der Waals surface area contributed by atoms with E-state index in [9.17, 15) is 0 Å². The van der Waals surface area contributed by atoms with Crippen LogP contribution in [0.1, 0.15) is 0 Å². The van der Waals surface area contributed by atoms with Crippen LogP contribution in [0.2, 0.25) is 0 Å². The van der Waals surface area contributed by atoms with Gasteiger partial charge in [0.2, 0.25) is 5.89 Å². The van der Waals surface area contributed by atoms with E-state index in [1.54, 1.807) is 11.3 Å². The van der Waals surface area contributed by atoms with Gasteiger partial charge in [-0.15, -0.1) is 11.3 Å². The van der Waals surface area contributed by atoms with Crippen LogP contribution in [0.3, 0.4) is 0 Å². The largest absolute Gasteiger partial charge is 0.456 e. The maximum absolute atomic E-state index is 6.50. The zero-order chi connectivity index (χ0) is 35.6. The number of para-hydroxylation sites is 1. The predicted molar refractivity (Wildman–Crippen MR) is 225 cm³/mol. The summed E-state index contributed by atoms with van der Waals surface area (Å²) in [6, 6.07) is 63.8. The number of nitrogens with zero attached hydrogens (tertiary/aromatic N) is 2. The van der Waals surface area contributed by atoms with E-state index >= 15 is 0 Å². The first-order valence-electron chi connectivity index (χ1n) is 18.0. The van der Waals surface area contributed by atoms with Crippen molar-refractivity contribution in [3.63, 3.8) is 0 Å². The van der Waals surface area contributed by atoms with E-state index in [-0.39, 0.29) is 0 Å². The molecular weight excluding hydrogens is 681 g/mol. The predicted octanol–water partition coefficient (Wildman–Crippen LogP) is 14.6. The highest BCUT2D eigenvalue weighted by molar-refractivity contribution is 7.26. The number of anilines is 3. The molecule has 0 radical (unpaired) electrons. The summed E-state index contributed by atoms with van der Waals surface area (Å²) < 4.78 is 15.3. The van der Waals surface area contributed by atoms with Gasteiger partial charge in [0.05, 0.1) is 0 Å². The number of furan rings is 1. The highest BCUT2D eigenvalue weighted by atomic mass is 32.1. The van der Waals surface area contributed by atoms with Crippen molar-refractivity contribution in [3.8, 4) is 33.7 Å². The average Bonchev–Trinajstić information content (AvgIpc) is 3.95. The Morgan fingerprint density at radius 1 is 0.426 bits per heavy atom. The van der Waals surface area contributed by atoms with Crippen LogP contribution in [0.25, 0.3) is 86.9 Å². The molecule has 0 spiro atoms. The number of benzene rings is 8. The van der Waals surface area contributed by atoms with Crippen LogP contribution in [0.4, 0.5) is 17.1 Å². The molecular formula is C49H30N2O2S. The summed E-state index contributed by atoms with van der Waals surface area (Å²) in [6.45, 7) is 0. The summed E-state index contributed by atoms with van der Waals surface area (Å²) in [5.74, 6) is 0.629. The molecule has 0 aliphatic carbocycles. The Hall–Kier alpha value is -6.95. The van der Waals surface area contributed by atoms with Crippen molar-refractivity contribution >= 4 is 81.6 Å². The number of thiophene rings is 1. The van der Waals surface area contributed by atoms with Gasteiger partial charge in [-0.05, 0) is 83.4 Å². The van der Waals surface area contributed by atoms with Crippen molar-refractivity contribution in [1.29, 1.82) is 0 Å². The number of hydrogen-bond acceptors (Lipinski definition) is 5. The van der Waals surface area contributed by atoms with Gasteiger partial charge in [0.1, 0.15) is 16.7 Å². The number of oxazole rings is 1. The zero-order valence-corrected chi connectivity index (χ0v) is 29.8. The fraction of sp³-hybridized carbons (Fsp3) is 0. The van der Waals surface area contributed by atoms with Gasteiger partial charge in [0.25, 0.3) is 0 Å². The van der Waals surface area contributed by atoms with Crippen molar-refractivity contribution in [3.05, 3.63) is 182 Å². The van der Waals surface area contributed by atoms with E-state index in [2.05, 4.69) is 144 Å². The molecule has 0 N–H and O–H groups in total. The monoisotopic (exact) mass is 710 g/mol. The molecule has 0 aliphatic heterocycles. The van der Waals surface area contributed by atoms with Crippen LogP contribution in [0, 0.1) is 0 Å². The SMILES string of the molecule is c1ccc(-c2cccc(N(c3ccc(-c4cc5oc(-c6ccccc6)nc5c5c4sc4ccccc45)cc3)c3ccc4c(c3)oc3ccccc34)c2)cc1. The Morgan fingerprint density at radius 2 is 1.09 bits per heavy atom. The minimum absolute atomic E-state index is 0.629. The van der Waals surface area contributed by atoms with E-state index < -0.39 is 0 Å². The molecule has 0 bridgehead atoms. The lowest BCUT2D eigenvalue weighted by molar-refractivity contribution is 0.620. The second kappa shape index (κ2) is 12.3. The van der Waals surface area contributed by atoms with E-state index in [0.717, 1.165) is 77.7 Å². The molecule has 0 fully saturated rings. The third-order valence-corrected chi connectivity index (χ3v) is 11.5. The van der Waals surface area contributed by atoms with Crippen molar-refractivity contribution < 1.29 is 8.83 Å². The summed E-state index contributed by atoms with van der Waals surface area (Å²) in [7, 11) is 0. The summed E-state index contributed by atoms with van der Waals surface area (Å²) >= 11 is 1.81. The maximum Gasteiger partial charge on any atom is 0.227 e. The summed E-state index contributed by atoms with van der Waals surface area (Å²) in [6.07, 6.45) is 0. The quantitative estimate of drug-likeness (QED) is 0.172. The molecule has 11 aromatic rings. The first-order valence-corrected chi connectivity index (χ1v) is 18.8. The number of fused-ring (bicyclic) bond motifs is 8. The molecule has 8 aromatic carbocycles. The summed E-state index contributed by atoms with van der Waals surface area (Å²) in [5, 5.41) is 4.55. The molecule has 0 atom stereocenters. The van der Waals surface area contributed by atoms with Crippen molar-refractivity contribution in [2.24, 2.45) is 0 Å². The van der Waals surface area contributed by atoms with Crippen LogP contribution in [-0.2, 0) is 0 Å². The lowest BCUT2D eigenvalue weighted by atomic mass is 10.0. The summed E-state index contributed by atoms with van der Waals surface area (Å²) in [5.41, 5.74) is 12.1. The van der Waals surface area contributed by atoms with E-state index in [1.807, 2.05) is 42.5 Å². The normalized spacial score (nSPS) is 11.7. The fourth-order valence-electron chi connectivity index (χ4n) is 7.74. The Balaban J connectivity index is 1.07. The molecule has 0 saturated carbocycles. The molecule has 0 amide bonds. The summed E-state index contributed by atoms with van der Waals surface area (Å²) in [4.78, 5) is 7.37. The minimum atomic E-state index is 0.629. The minimum Gasteiger partial charge on any atom is -0.456 e. The van der Waals surface area contributed by atoms with Gasteiger partial charge in [0, 0.05) is 65.2 Å². The Bertz CT molecular complexity index is 3160. The third-order valence-electron chi connectivity index (χ3n) is 10.3. The molecule has 254 valence electrons. The van der Waals surface area contributed by atoms with Crippen LogP contribution < -0.4 is 4.90 Å². The molecule has 0 unspecified atom stereocenters. The van der Waals surface area contributed by atoms with Gasteiger partial charge in [0.15, 0.2) is 5.58 Å². The second-order valence-electron chi connectivity index (χ2n) is 13.5. The third kappa shape index (κ3) is 5.01. The highest BCUT2D eigenvalue weighted by Crippen LogP contribution is 2.46. The van der Waals surface area contributed by atoms with Gasteiger partial charge in [-0.1, -0.05) is 109 Å². The Morgan fingerprint density at radius 3 is 1.93 bits per heavy atom. The van der Waals surface area contributed by atoms with E-state index in [1.165, 1.54) is 20.3 Å².